The Morgan fingerprint density at radius 3 is 3.10 bits per heavy atom. The largest absolute Gasteiger partial charge is 0.366 e. The van der Waals surface area contributed by atoms with Gasteiger partial charge in [0.15, 0.2) is 0 Å². The Hall–Kier alpha value is -2.21. The third-order valence-corrected chi connectivity index (χ3v) is 4.68. The Morgan fingerprint density at radius 2 is 2.24 bits per heavy atom. The number of nitrogens with zero attached hydrogens (tertiary/aromatic N) is 3. The molecule has 0 bridgehead atoms. The topological polar surface area (TPSA) is 71.3 Å². The molecular weight excluding hydrogens is 268 g/mol. The Morgan fingerprint density at radius 1 is 1.33 bits per heavy atom. The summed E-state index contributed by atoms with van der Waals surface area (Å²) in [5.74, 6) is 0.687. The number of hydrogen-bond acceptors (Lipinski definition) is 5. The standard InChI is InChI=1S/C15H16N4O2/c20-19(21)13-4-3-12(11-2-1-6-17-15(11)13)18-7-5-10-8-16-9-14(10)18/h1-4,6,10,14,16H,5,7-9H2/t10-,14+/m0/s1. The maximum Gasteiger partial charge on any atom is 0.295 e. The molecule has 1 N–H and O–H groups in total. The van der Waals surface area contributed by atoms with E-state index >= 15 is 0 Å². The maximum absolute atomic E-state index is 11.2. The van der Waals surface area contributed by atoms with Crippen LogP contribution in [0.25, 0.3) is 10.9 Å². The van der Waals surface area contributed by atoms with Gasteiger partial charge in [0.25, 0.3) is 5.69 Å². The molecule has 2 saturated heterocycles. The van der Waals surface area contributed by atoms with Crippen LogP contribution in [0.5, 0.6) is 0 Å². The minimum atomic E-state index is -0.358. The minimum absolute atomic E-state index is 0.0784. The summed E-state index contributed by atoms with van der Waals surface area (Å²) in [5.41, 5.74) is 1.63. The van der Waals surface area contributed by atoms with Crippen LogP contribution in [0.2, 0.25) is 0 Å². The molecule has 1 aromatic heterocycles. The number of pyridine rings is 1. The molecular formula is C15H16N4O2. The molecule has 1 aromatic carbocycles. The highest BCUT2D eigenvalue weighted by molar-refractivity contribution is 5.97. The van der Waals surface area contributed by atoms with E-state index in [0.717, 1.165) is 30.7 Å². The van der Waals surface area contributed by atoms with Crippen molar-refractivity contribution in [2.75, 3.05) is 24.5 Å². The predicted octanol–water partition coefficient (Wildman–Crippen LogP) is 1.94. The third-order valence-electron chi connectivity index (χ3n) is 4.68. The van der Waals surface area contributed by atoms with E-state index in [-0.39, 0.29) is 10.6 Å². The van der Waals surface area contributed by atoms with Gasteiger partial charge in [0.05, 0.1) is 4.92 Å². The van der Waals surface area contributed by atoms with Crippen LogP contribution in [0.15, 0.2) is 30.5 Å². The SMILES string of the molecule is O=[N+]([O-])c1ccc(N2CC[C@H]3CNC[C@H]32)c2cccnc12. The van der Waals surface area contributed by atoms with Gasteiger partial charge in [-0.15, -0.1) is 0 Å². The van der Waals surface area contributed by atoms with E-state index in [2.05, 4.69) is 15.2 Å². The summed E-state index contributed by atoms with van der Waals surface area (Å²) in [4.78, 5) is 17.4. The fourth-order valence-electron chi connectivity index (χ4n) is 3.69. The van der Waals surface area contributed by atoms with Crippen molar-refractivity contribution in [3.63, 3.8) is 0 Å². The van der Waals surface area contributed by atoms with Gasteiger partial charge in [0.1, 0.15) is 5.52 Å². The number of nitrogens with one attached hydrogen (secondary N) is 1. The minimum Gasteiger partial charge on any atom is -0.366 e. The van der Waals surface area contributed by atoms with Crippen LogP contribution in [-0.4, -0.2) is 35.6 Å². The summed E-state index contributed by atoms with van der Waals surface area (Å²) in [7, 11) is 0. The molecule has 2 aromatic rings. The molecule has 3 heterocycles. The first-order chi connectivity index (χ1) is 10.3. The van der Waals surface area contributed by atoms with Crippen LogP contribution in [0.1, 0.15) is 6.42 Å². The first-order valence-electron chi connectivity index (χ1n) is 7.25. The van der Waals surface area contributed by atoms with Crippen molar-refractivity contribution in [1.29, 1.82) is 0 Å². The van der Waals surface area contributed by atoms with E-state index in [4.69, 9.17) is 0 Å². The zero-order chi connectivity index (χ0) is 14.4. The number of rotatable bonds is 2. The monoisotopic (exact) mass is 284 g/mol. The van der Waals surface area contributed by atoms with Gasteiger partial charge in [-0.05, 0) is 30.5 Å². The Balaban J connectivity index is 1.86. The average Bonchev–Trinajstić information content (AvgIpc) is 3.09. The number of hydrogen-bond donors (Lipinski definition) is 1. The van der Waals surface area contributed by atoms with Crippen molar-refractivity contribution in [2.24, 2.45) is 5.92 Å². The summed E-state index contributed by atoms with van der Waals surface area (Å²) in [6.45, 7) is 3.08. The molecule has 0 radical (unpaired) electrons. The third kappa shape index (κ3) is 1.86. The molecule has 2 atom stereocenters. The van der Waals surface area contributed by atoms with Crippen LogP contribution >= 0.6 is 0 Å². The summed E-state index contributed by atoms with van der Waals surface area (Å²) in [6.07, 6.45) is 2.79. The predicted molar refractivity (Wildman–Crippen MR) is 80.5 cm³/mol. The zero-order valence-corrected chi connectivity index (χ0v) is 11.5. The second kappa shape index (κ2) is 4.66. The van der Waals surface area contributed by atoms with Crippen molar-refractivity contribution in [3.8, 4) is 0 Å². The van der Waals surface area contributed by atoms with Crippen molar-refractivity contribution in [3.05, 3.63) is 40.6 Å². The maximum atomic E-state index is 11.2. The van der Waals surface area contributed by atoms with E-state index in [9.17, 15) is 10.1 Å². The van der Waals surface area contributed by atoms with Crippen LogP contribution in [0.4, 0.5) is 11.4 Å². The number of aromatic nitrogens is 1. The number of anilines is 1. The first kappa shape index (κ1) is 12.5. The first-order valence-corrected chi connectivity index (χ1v) is 7.25. The fourth-order valence-corrected chi connectivity index (χ4v) is 3.69. The van der Waals surface area contributed by atoms with Crippen LogP contribution < -0.4 is 10.2 Å². The van der Waals surface area contributed by atoms with Gasteiger partial charge in [-0.1, -0.05) is 0 Å². The number of nitro benzene ring substituents is 1. The van der Waals surface area contributed by atoms with Crippen molar-refractivity contribution < 1.29 is 4.92 Å². The number of fused-ring (bicyclic) bond motifs is 2. The van der Waals surface area contributed by atoms with Crippen LogP contribution in [0, 0.1) is 16.0 Å². The molecule has 6 nitrogen and oxygen atoms in total. The molecule has 0 unspecified atom stereocenters. The van der Waals surface area contributed by atoms with Crippen LogP contribution in [-0.2, 0) is 0 Å². The van der Waals surface area contributed by atoms with E-state index in [1.807, 2.05) is 18.2 Å². The van der Waals surface area contributed by atoms with Gasteiger partial charge in [-0.3, -0.25) is 10.1 Å². The van der Waals surface area contributed by atoms with Crippen molar-refractivity contribution in [1.82, 2.24) is 10.3 Å². The molecule has 2 fully saturated rings. The van der Waals surface area contributed by atoms with E-state index < -0.39 is 0 Å². The number of non-ortho nitro benzene ring substituents is 1. The van der Waals surface area contributed by atoms with Gasteiger partial charge >= 0.3 is 0 Å². The molecule has 0 amide bonds. The normalized spacial score (nSPS) is 24.5. The number of benzene rings is 1. The highest BCUT2D eigenvalue weighted by atomic mass is 16.6. The lowest BCUT2D eigenvalue weighted by atomic mass is 10.0. The summed E-state index contributed by atoms with van der Waals surface area (Å²) in [5, 5.41) is 15.5. The highest BCUT2D eigenvalue weighted by Gasteiger charge is 2.38. The average molecular weight is 284 g/mol. The lowest BCUT2D eigenvalue weighted by Crippen LogP contribution is -2.34. The second-order valence-corrected chi connectivity index (χ2v) is 5.73. The molecule has 108 valence electrons. The zero-order valence-electron chi connectivity index (χ0n) is 11.5. The Kier molecular flexibility index (Phi) is 2.78. The van der Waals surface area contributed by atoms with Crippen molar-refractivity contribution in [2.45, 2.75) is 12.5 Å². The summed E-state index contributed by atoms with van der Waals surface area (Å²) >= 11 is 0. The van der Waals surface area contributed by atoms with E-state index in [0.29, 0.717) is 17.5 Å². The summed E-state index contributed by atoms with van der Waals surface area (Å²) in [6, 6.07) is 7.73. The van der Waals surface area contributed by atoms with Gasteiger partial charge in [-0.2, -0.15) is 0 Å². The van der Waals surface area contributed by atoms with Gasteiger partial charge in [0.2, 0.25) is 0 Å². The molecule has 2 aliphatic heterocycles. The molecule has 21 heavy (non-hydrogen) atoms. The number of nitro groups is 1. The molecule has 0 aliphatic carbocycles. The lowest BCUT2D eigenvalue weighted by molar-refractivity contribution is -0.383. The Bertz CT molecular complexity index is 718. The fraction of sp³-hybridized carbons (Fsp3) is 0.400. The smallest absolute Gasteiger partial charge is 0.295 e. The Labute approximate surface area is 121 Å². The molecule has 0 spiro atoms. The molecule has 0 saturated carbocycles. The second-order valence-electron chi connectivity index (χ2n) is 5.73. The van der Waals surface area contributed by atoms with Gasteiger partial charge < -0.3 is 10.2 Å². The van der Waals surface area contributed by atoms with E-state index in [1.54, 1.807) is 12.3 Å². The molecule has 2 aliphatic rings. The lowest BCUT2D eigenvalue weighted by Gasteiger charge is -2.26. The van der Waals surface area contributed by atoms with Crippen molar-refractivity contribution >= 4 is 22.3 Å². The van der Waals surface area contributed by atoms with Gasteiger partial charge in [0, 0.05) is 49.0 Å². The molecule has 6 heteroatoms. The summed E-state index contributed by atoms with van der Waals surface area (Å²) < 4.78 is 0. The quantitative estimate of drug-likeness (QED) is 0.674. The van der Waals surface area contributed by atoms with Crippen LogP contribution in [0.3, 0.4) is 0 Å². The highest BCUT2D eigenvalue weighted by Crippen LogP contribution is 2.38. The van der Waals surface area contributed by atoms with Gasteiger partial charge in [-0.25, -0.2) is 4.98 Å². The van der Waals surface area contributed by atoms with E-state index in [1.165, 1.54) is 6.42 Å². The molecule has 4 rings (SSSR count).